The maximum atomic E-state index is 12.2. The summed E-state index contributed by atoms with van der Waals surface area (Å²) in [6.45, 7) is 4.52. The first-order valence-corrected chi connectivity index (χ1v) is 9.91. The van der Waals surface area contributed by atoms with E-state index in [1.807, 2.05) is 13.8 Å². The molecular formula is C21H28F3IN4O3. The van der Waals surface area contributed by atoms with Gasteiger partial charge in [-0.2, -0.15) is 13.2 Å². The minimum atomic E-state index is -4.37. The van der Waals surface area contributed by atoms with E-state index in [4.69, 9.17) is 9.15 Å². The fourth-order valence-corrected chi connectivity index (χ4v) is 2.55. The van der Waals surface area contributed by atoms with Crippen molar-refractivity contribution in [2.45, 2.75) is 33.0 Å². The van der Waals surface area contributed by atoms with Gasteiger partial charge < -0.3 is 25.1 Å². The van der Waals surface area contributed by atoms with Gasteiger partial charge in [0.05, 0.1) is 12.8 Å². The van der Waals surface area contributed by atoms with Gasteiger partial charge in [-0.15, -0.1) is 24.0 Å². The van der Waals surface area contributed by atoms with Crippen LogP contribution in [0.3, 0.4) is 0 Å². The lowest BCUT2D eigenvalue weighted by atomic mass is 10.2. The molecule has 0 spiro atoms. The zero-order valence-corrected chi connectivity index (χ0v) is 20.3. The van der Waals surface area contributed by atoms with Crippen LogP contribution in [0.2, 0.25) is 0 Å². The standard InChI is InChI=1S/C21H27F3N4O3.HI/c1-3-25-20(27-11-4-10-26-19(29)18-15(2)9-12-30-18)28-13-16-5-7-17(8-6-16)31-14-21(22,23)24;/h5-9,12H,3-4,10-11,13-14H2,1-2H3,(H,26,29)(H2,25,27,28);1H. The van der Waals surface area contributed by atoms with Crippen LogP contribution in [0, 0.1) is 6.92 Å². The second-order valence-electron chi connectivity index (χ2n) is 6.71. The summed E-state index contributed by atoms with van der Waals surface area (Å²) < 4.78 is 46.4. The number of nitrogens with one attached hydrogen (secondary N) is 3. The zero-order chi connectivity index (χ0) is 22.7. The molecule has 2 aromatic rings. The van der Waals surface area contributed by atoms with Crippen LogP contribution in [0.4, 0.5) is 13.2 Å². The molecule has 0 aliphatic carbocycles. The molecule has 32 heavy (non-hydrogen) atoms. The van der Waals surface area contributed by atoms with Gasteiger partial charge in [0.1, 0.15) is 5.75 Å². The minimum Gasteiger partial charge on any atom is -0.484 e. The van der Waals surface area contributed by atoms with E-state index in [0.717, 1.165) is 11.1 Å². The second kappa shape index (κ2) is 13.9. The van der Waals surface area contributed by atoms with Crippen LogP contribution < -0.4 is 20.7 Å². The highest BCUT2D eigenvalue weighted by Gasteiger charge is 2.28. The number of hydrogen-bond donors (Lipinski definition) is 3. The summed E-state index contributed by atoms with van der Waals surface area (Å²) in [4.78, 5) is 16.4. The molecule has 1 heterocycles. The molecule has 1 aromatic heterocycles. The molecule has 0 saturated heterocycles. The number of furan rings is 1. The second-order valence-corrected chi connectivity index (χ2v) is 6.71. The number of rotatable bonds is 10. The topological polar surface area (TPSA) is 87.9 Å². The van der Waals surface area contributed by atoms with Gasteiger partial charge >= 0.3 is 6.18 Å². The Morgan fingerprint density at radius 2 is 1.78 bits per heavy atom. The van der Waals surface area contributed by atoms with Gasteiger partial charge in [0.15, 0.2) is 18.3 Å². The SMILES string of the molecule is CCNC(=NCc1ccc(OCC(F)(F)F)cc1)NCCCNC(=O)c1occc1C.I. The molecule has 0 saturated carbocycles. The van der Waals surface area contributed by atoms with E-state index in [-0.39, 0.29) is 35.6 Å². The molecule has 0 aliphatic rings. The van der Waals surface area contributed by atoms with Crippen LogP contribution in [0.25, 0.3) is 0 Å². The van der Waals surface area contributed by atoms with Gasteiger partial charge in [-0.3, -0.25) is 4.79 Å². The Hall–Kier alpha value is -2.44. The van der Waals surface area contributed by atoms with Crippen LogP contribution in [0.5, 0.6) is 5.75 Å². The van der Waals surface area contributed by atoms with E-state index in [9.17, 15) is 18.0 Å². The fourth-order valence-electron chi connectivity index (χ4n) is 2.55. The largest absolute Gasteiger partial charge is 0.484 e. The summed E-state index contributed by atoms with van der Waals surface area (Å²) in [5, 5.41) is 9.09. The third kappa shape index (κ3) is 10.2. The molecular weight excluding hydrogens is 540 g/mol. The molecule has 0 aliphatic heterocycles. The van der Waals surface area contributed by atoms with Gasteiger partial charge in [-0.1, -0.05) is 12.1 Å². The Labute approximate surface area is 202 Å². The van der Waals surface area contributed by atoms with Crippen molar-refractivity contribution in [1.29, 1.82) is 0 Å². The van der Waals surface area contributed by atoms with Crippen molar-refractivity contribution in [1.82, 2.24) is 16.0 Å². The number of hydrogen-bond acceptors (Lipinski definition) is 4. The van der Waals surface area contributed by atoms with Gasteiger partial charge in [0.2, 0.25) is 0 Å². The third-order valence-electron chi connectivity index (χ3n) is 4.09. The molecule has 11 heteroatoms. The van der Waals surface area contributed by atoms with E-state index in [0.29, 0.717) is 44.3 Å². The van der Waals surface area contributed by atoms with E-state index >= 15 is 0 Å². The van der Waals surface area contributed by atoms with E-state index in [1.165, 1.54) is 18.4 Å². The number of carbonyl (C=O) groups is 1. The van der Waals surface area contributed by atoms with Crippen molar-refractivity contribution in [3.8, 4) is 5.75 Å². The molecule has 0 fully saturated rings. The molecule has 3 N–H and O–H groups in total. The molecule has 7 nitrogen and oxygen atoms in total. The summed E-state index contributed by atoms with van der Waals surface area (Å²) >= 11 is 0. The average Bonchev–Trinajstić information content (AvgIpc) is 3.16. The van der Waals surface area contributed by atoms with E-state index in [2.05, 4.69) is 20.9 Å². The molecule has 2 rings (SSSR count). The van der Waals surface area contributed by atoms with Crippen molar-refractivity contribution in [3.63, 3.8) is 0 Å². The zero-order valence-electron chi connectivity index (χ0n) is 17.9. The molecule has 178 valence electrons. The third-order valence-corrected chi connectivity index (χ3v) is 4.09. The van der Waals surface area contributed by atoms with Crippen LogP contribution in [0.15, 0.2) is 46.0 Å². The summed E-state index contributed by atoms with van der Waals surface area (Å²) in [6.07, 6.45) is -2.20. The first-order chi connectivity index (χ1) is 14.8. The number of alkyl halides is 3. The number of benzene rings is 1. The van der Waals surface area contributed by atoms with Crippen LogP contribution in [0.1, 0.15) is 35.0 Å². The van der Waals surface area contributed by atoms with Gasteiger partial charge in [-0.05, 0) is 44.0 Å². The Morgan fingerprint density at radius 3 is 2.38 bits per heavy atom. The van der Waals surface area contributed by atoms with Crippen LogP contribution in [-0.2, 0) is 6.54 Å². The fraction of sp³-hybridized carbons (Fsp3) is 0.429. The van der Waals surface area contributed by atoms with Crippen LogP contribution >= 0.6 is 24.0 Å². The molecule has 1 amide bonds. The number of ether oxygens (including phenoxy) is 1. The normalized spacial score (nSPS) is 11.5. The maximum Gasteiger partial charge on any atom is 0.422 e. The predicted octanol–water partition coefficient (Wildman–Crippen LogP) is 4.02. The number of halogens is 4. The average molecular weight is 568 g/mol. The maximum absolute atomic E-state index is 12.2. The lowest BCUT2D eigenvalue weighted by Gasteiger charge is -2.12. The van der Waals surface area contributed by atoms with Crippen molar-refractivity contribution >= 4 is 35.8 Å². The molecule has 1 aromatic carbocycles. The monoisotopic (exact) mass is 568 g/mol. The highest BCUT2D eigenvalue weighted by atomic mass is 127. The summed E-state index contributed by atoms with van der Waals surface area (Å²) in [5.74, 6) is 0.832. The number of nitrogens with zero attached hydrogens (tertiary/aromatic N) is 1. The first-order valence-electron chi connectivity index (χ1n) is 9.91. The number of carbonyl (C=O) groups excluding carboxylic acids is 1. The summed E-state index contributed by atoms with van der Waals surface area (Å²) in [5.41, 5.74) is 1.62. The smallest absolute Gasteiger partial charge is 0.422 e. The van der Waals surface area contributed by atoms with Gasteiger partial charge in [0.25, 0.3) is 5.91 Å². The lowest BCUT2D eigenvalue weighted by Crippen LogP contribution is -2.38. The number of guanidine groups is 1. The summed E-state index contributed by atoms with van der Waals surface area (Å²) in [6, 6.07) is 8.05. The minimum absolute atomic E-state index is 0. The van der Waals surface area contributed by atoms with Crippen molar-refractivity contribution in [2.24, 2.45) is 4.99 Å². The highest BCUT2D eigenvalue weighted by molar-refractivity contribution is 14.0. The van der Waals surface area contributed by atoms with Crippen molar-refractivity contribution < 1.29 is 27.1 Å². The highest BCUT2D eigenvalue weighted by Crippen LogP contribution is 2.19. The Balaban J connectivity index is 0.00000512. The van der Waals surface area contributed by atoms with Crippen molar-refractivity contribution in [2.75, 3.05) is 26.2 Å². The molecule has 0 bridgehead atoms. The summed E-state index contributed by atoms with van der Waals surface area (Å²) in [7, 11) is 0. The Bertz CT molecular complexity index is 855. The van der Waals surface area contributed by atoms with E-state index in [1.54, 1.807) is 18.2 Å². The predicted molar refractivity (Wildman–Crippen MR) is 127 cm³/mol. The number of aryl methyl sites for hydroxylation is 1. The number of aliphatic imine (C=N–C) groups is 1. The quantitative estimate of drug-likeness (QED) is 0.175. The molecule has 0 atom stereocenters. The molecule has 0 unspecified atom stereocenters. The van der Waals surface area contributed by atoms with Crippen LogP contribution in [-0.4, -0.2) is 44.3 Å². The van der Waals surface area contributed by atoms with E-state index < -0.39 is 12.8 Å². The van der Waals surface area contributed by atoms with Gasteiger partial charge in [0, 0.05) is 25.2 Å². The first kappa shape index (κ1) is 27.6. The Morgan fingerprint density at radius 1 is 1.09 bits per heavy atom. The number of amides is 1. The molecule has 0 radical (unpaired) electrons. The Kier molecular flexibility index (Phi) is 12.0. The van der Waals surface area contributed by atoms with Gasteiger partial charge in [-0.25, -0.2) is 4.99 Å². The lowest BCUT2D eigenvalue weighted by molar-refractivity contribution is -0.153. The van der Waals surface area contributed by atoms with Crippen molar-refractivity contribution in [3.05, 3.63) is 53.5 Å².